The van der Waals surface area contributed by atoms with Crippen LogP contribution in [0.3, 0.4) is 0 Å². The zero-order chi connectivity index (χ0) is 11.4. The summed E-state index contributed by atoms with van der Waals surface area (Å²) in [5.74, 6) is -0.823. The second kappa shape index (κ2) is 4.65. The van der Waals surface area contributed by atoms with Crippen molar-refractivity contribution in [3.05, 3.63) is 23.8 Å². The molecular formula is C10H13NO4. The molecule has 0 aromatic heterocycles. The highest BCUT2D eigenvalue weighted by molar-refractivity contribution is 5.95. The molecule has 0 aliphatic carbocycles. The summed E-state index contributed by atoms with van der Waals surface area (Å²) in [5.41, 5.74) is 0.146. The normalized spacial score (nSPS) is 12.1. The standard InChI is InChI=1S/C10H13NO4/c1-6(5-12)11-10(15)7-2-8(13)4-9(14)3-7/h2-4,6,12-14H,5H2,1H3,(H,11,15)/t6-/m0/s1. The maximum Gasteiger partial charge on any atom is 0.251 e. The van der Waals surface area contributed by atoms with Crippen LogP contribution < -0.4 is 5.32 Å². The average Bonchev–Trinajstić information content (AvgIpc) is 2.16. The van der Waals surface area contributed by atoms with Gasteiger partial charge in [-0.25, -0.2) is 0 Å². The highest BCUT2D eigenvalue weighted by Crippen LogP contribution is 2.20. The lowest BCUT2D eigenvalue weighted by atomic mass is 10.2. The van der Waals surface area contributed by atoms with E-state index in [9.17, 15) is 4.79 Å². The fraction of sp³-hybridized carbons (Fsp3) is 0.300. The maximum absolute atomic E-state index is 11.5. The molecule has 1 aromatic rings. The summed E-state index contributed by atoms with van der Waals surface area (Å²) in [6.45, 7) is 1.47. The third-order valence-corrected chi connectivity index (χ3v) is 1.82. The second-order valence-corrected chi connectivity index (χ2v) is 3.30. The van der Waals surface area contributed by atoms with Crippen LogP contribution >= 0.6 is 0 Å². The lowest BCUT2D eigenvalue weighted by molar-refractivity contribution is 0.0921. The lowest BCUT2D eigenvalue weighted by Crippen LogP contribution is -2.34. The maximum atomic E-state index is 11.5. The number of nitrogens with one attached hydrogen (secondary N) is 1. The Kier molecular flexibility index (Phi) is 3.51. The molecular weight excluding hydrogens is 198 g/mol. The van der Waals surface area contributed by atoms with Crippen LogP contribution in [0.25, 0.3) is 0 Å². The van der Waals surface area contributed by atoms with Gasteiger partial charge in [0, 0.05) is 17.7 Å². The molecule has 1 atom stereocenters. The Bertz CT molecular complexity index is 344. The van der Waals surface area contributed by atoms with Crippen molar-refractivity contribution in [1.29, 1.82) is 0 Å². The minimum Gasteiger partial charge on any atom is -0.508 e. The predicted octanol–water partition coefficient (Wildman–Crippen LogP) is 0.208. The number of rotatable bonds is 3. The van der Waals surface area contributed by atoms with Crippen molar-refractivity contribution in [3.63, 3.8) is 0 Å². The summed E-state index contributed by atoms with van der Waals surface area (Å²) in [6, 6.07) is 3.23. The zero-order valence-corrected chi connectivity index (χ0v) is 8.27. The van der Waals surface area contributed by atoms with Gasteiger partial charge in [-0.05, 0) is 19.1 Å². The number of hydrogen-bond donors (Lipinski definition) is 4. The van der Waals surface area contributed by atoms with Crippen LogP contribution in [-0.2, 0) is 0 Å². The molecule has 0 heterocycles. The van der Waals surface area contributed by atoms with Crippen LogP contribution in [0.1, 0.15) is 17.3 Å². The van der Waals surface area contributed by atoms with Crippen LogP contribution in [0.5, 0.6) is 11.5 Å². The summed E-state index contributed by atoms with van der Waals surface area (Å²) in [7, 11) is 0. The molecule has 0 saturated carbocycles. The van der Waals surface area contributed by atoms with Gasteiger partial charge in [0.15, 0.2) is 0 Å². The molecule has 15 heavy (non-hydrogen) atoms. The summed E-state index contributed by atoms with van der Waals surface area (Å²) >= 11 is 0. The number of carbonyl (C=O) groups is 1. The first-order chi connectivity index (χ1) is 7.02. The number of aliphatic hydroxyl groups excluding tert-OH is 1. The van der Waals surface area contributed by atoms with Gasteiger partial charge in [0.05, 0.1) is 6.61 Å². The first-order valence-corrected chi connectivity index (χ1v) is 4.47. The molecule has 5 heteroatoms. The average molecular weight is 211 g/mol. The highest BCUT2D eigenvalue weighted by atomic mass is 16.3. The third kappa shape index (κ3) is 3.14. The smallest absolute Gasteiger partial charge is 0.251 e. The summed E-state index contributed by atoms with van der Waals surface area (Å²) in [5, 5.41) is 29.5. The highest BCUT2D eigenvalue weighted by Gasteiger charge is 2.10. The van der Waals surface area contributed by atoms with E-state index in [0.29, 0.717) is 0 Å². The van der Waals surface area contributed by atoms with Crippen molar-refractivity contribution >= 4 is 5.91 Å². The first-order valence-electron chi connectivity index (χ1n) is 4.47. The third-order valence-electron chi connectivity index (χ3n) is 1.82. The molecule has 0 aliphatic rings. The number of aliphatic hydroxyl groups is 1. The van der Waals surface area contributed by atoms with Crippen molar-refractivity contribution in [2.24, 2.45) is 0 Å². The Balaban J connectivity index is 2.82. The lowest BCUT2D eigenvalue weighted by Gasteiger charge is -2.10. The number of carbonyl (C=O) groups excluding carboxylic acids is 1. The molecule has 0 bridgehead atoms. The van der Waals surface area contributed by atoms with E-state index in [1.807, 2.05) is 0 Å². The van der Waals surface area contributed by atoms with E-state index >= 15 is 0 Å². The molecule has 1 rings (SSSR count). The van der Waals surface area contributed by atoms with E-state index < -0.39 is 5.91 Å². The van der Waals surface area contributed by atoms with E-state index in [1.54, 1.807) is 6.92 Å². The molecule has 0 fully saturated rings. The molecule has 5 nitrogen and oxygen atoms in total. The molecule has 82 valence electrons. The van der Waals surface area contributed by atoms with E-state index in [0.717, 1.165) is 6.07 Å². The van der Waals surface area contributed by atoms with Crippen molar-refractivity contribution in [1.82, 2.24) is 5.32 Å². The molecule has 0 unspecified atom stereocenters. The van der Waals surface area contributed by atoms with Crippen LogP contribution in [0.4, 0.5) is 0 Å². The van der Waals surface area contributed by atoms with Gasteiger partial charge in [0.1, 0.15) is 11.5 Å². The summed E-state index contributed by atoms with van der Waals surface area (Å²) < 4.78 is 0. The molecule has 0 saturated heterocycles. The second-order valence-electron chi connectivity index (χ2n) is 3.30. The minimum atomic E-state index is -0.456. The minimum absolute atomic E-state index is 0.146. The van der Waals surface area contributed by atoms with Gasteiger partial charge < -0.3 is 20.6 Å². The van der Waals surface area contributed by atoms with Crippen LogP contribution in [0.15, 0.2) is 18.2 Å². The molecule has 1 amide bonds. The molecule has 1 aromatic carbocycles. The Morgan fingerprint density at radius 2 is 1.87 bits per heavy atom. The molecule has 0 spiro atoms. The summed E-state index contributed by atoms with van der Waals surface area (Å²) in [4.78, 5) is 11.5. The largest absolute Gasteiger partial charge is 0.508 e. The SMILES string of the molecule is C[C@@H](CO)NC(=O)c1cc(O)cc(O)c1. The van der Waals surface area contributed by atoms with Gasteiger partial charge in [-0.2, -0.15) is 0 Å². The van der Waals surface area contributed by atoms with Crippen LogP contribution in [0.2, 0.25) is 0 Å². The van der Waals surface area contributed by atoms with Crippen LogP contribution in [-0.4, -0.2) is 33.9 Å². The van der Waals surface area contributed by atoms with Crippen molar-refractivity contribution < 1.29 is 20.1 Å². The number of benzene rings is 1. The van der Waals surface area contributed by atoms with Crippen LogP contribution in [0, 0.1) is 0 Å². The van der Waals surface area contributed by atoms with Gasteiger partial charge in [-0.1, -0.05) is 0 Å². The number of aromatic hydroxyl groups is 2. The fourth-order valence-corrected chi connectivity index (χ4v) is 1.08. The Labute approximate surface area is 87.0 Å². The van der Waals surface area contributed by atoms with Crippen molar-refractivity contribution in [2.45, 2.75) is 13.0 Å². The first kappa shape index (κ1) is 11.3. The summed E-state index contributed by atoms with van der Waals surface area (Å²) in [6.07, 6.45) is 0. The van der Waals surface area contributed by atoms with E-state index in [-0.39, 0.29) is 29.7 Å². The van der Waals surface area contributed by atoms with E-state index in [2.05, 4.69) is 5.32 Å². The quantitative estimate of drug-likeness (QED) is 0.575. The predicted molar refractivity (Wildman–Crippen MR) is 53.8 cm³/mol. The van der Waals surface area contributed by atoms with Gasteiger partial charge >= 0.3 is 0 Å². The Morgan fingerprint density at radius 3 is 2.33 bits per heavy atom. The van der Waals surface area contributed by atoms with E-state index in [4.69, 9.17) is 15.3 Å². The van der Waals surface area contributed by atoms with Crippen molar-refractivity contribution in [3.8, 4) is 11.5 Å². The Hall–Kier alpha value is -1.75. The fourth-order valence-electron chi connectivity index (χ4n) is 1.08. The molecule has 4 N–H and O–H groups in total. The van der Waals surface area contributed by atoms with E-state index in [1.165, 1.54) is 12.1 Å². The number of phenolic OH excluding ortho intramolecular Hbond substituents is 2. The van der Waals surface area contributed by atoms with Gasteiger partial charge in [-0.3, -0.25) is 4.79 Å². The van der Waals surface area contributed by atoms with Gasteiger partial charge in [0.25, 0.3) is 5.91 Å². The van der Waals surface area contributed by atoms with Gasteiger partial charge in [-0.15, -0.1) is 0 Å². The zero-order valence-electron chi connectivity index (χ0n) is 8.27. The monoisotopic (exact) mass is 211 g/mol. The Morgan fingerprint density at radius 1 is 1.33 bits per heavy atom. The number of amides is 1. The number of phenols is 2. The number of hydrogen-bond acceptors (Lipinski definition) is 4. The molecule has 0 aliphatic heterocycles. The van der Waals surface area contributed by atoms with Crippen molar-refractivity contribution in [2.75, 3.05) is 6.61 Å². The van der Waals surface area contributed by atoms with Gasteiger partial charge in [0.2, 0.25) is 0 Å². The topological polar surface area (TPSA) is 89.8 Å². The molecule has 0 radical (unpaired) electrons.